The molecule has 2 heterocycles. The highest BCUT2D eigenvalue weighted by Crippen LogP contribution is 2.32. The predicted octanol–water partition coefficient (Wildman–Crippen LogP) is 6.55. The van der Waals surface area contributed by atoms with Crippen LogP contribution in [-0.2, 0) is 13.1 Å². The molecule has 1 unspecified atom stereocenters. The molecule has 0 bridgehead atoms. The van der Waals surface area contributed by atoms with Gasteiger partial charge in [-0.1, -0.05) is 60.7 Å². The van der Waals surface area contributed by atoms with Crippen LogP contribution in [-0.4, -0.2) is 14.9 Å². The fourth-order valence-electron chi connectivity index (χ4n) is 4.32. The quantitative estimate of drug-likeness (QED) is 0.301. The van der Waals surface area contributed by atoms with Gasteiger partial charge in [0.05, 0.1) is 11.4 Å². The summed E-state index contributed by atoms with van der Waals surface area (Å²) < 4.78 is 0. The van der Waals surface area contributed by atoms with Crippen molar-refractivity contribution in [2.45, 2.75) is 26.1 Å². The Morgan fingerprint density at radius 1 is 0.677 bits per heavy atom. The Balaban J connectivity index is 1.62. The summed E-state index contributed by atoms with van der Waals surface area (Å²) in [6.45, 7) is 3.81. The fraction of sp³-hybridized carbons (Fsp3) is 0.143. The first kappa shape index (κ1) is 19.4. The Morgan fingerprint density at radius 2 is 1.29 bits per heavy atom. The van der Waals surface area contributed by atoms with Crippen LogP contribution in [0.25, 0.3) is 21.5 Å². The Hall–Kier alpha value is -3.56. The van der Waals surface area contributed by atoms with Gasteiger partial charge in [-0.05, 0) is 64.4 Å². The van der Waals surface area contributed by atoms with Crippen molar-refractivity contribution < 1.29 is 0 Å². The number of pyridine rings is 2. The van der Waals surface area contributed by atoms with E-state index in [2.05, 4.69) is 101 Å². The molecular formula is C28H25N3. The molecule has 31 heavy (non-hydrogen) atoms. The number of rotatable bonds is 6. The molecule has 0 N–H and O–H groups in total. The van der Waals surface area contributed by atoms with Gasteiger partial charge in [-0.15, -0.1) is 0 Å². The SMILES string of the molecule is CC(c1ccccn1)N(Cc1ccccn1)Cc1c2ccccc2cc2ccccc12. The minimum Gasteiger partial charge on any atom is -0.285 e. The molecule has 0 aliphatic heterocycles. The van der Waals surface area contributed by atoms with Crippen molar-refractivity contribution in [3.8, 4) is 0 Å². The summed E-state index contributed by atoms with van der Waals surface area (Å²) in [7, 11) is 0. The Labute approximate surface area is 183 Å². The van der Waals surface area contributed by atoms with Crippen molar-refractivity contribution in [1.29, 1.82) is 0 Å². The average molecular weight is 404 g/mol. The lowest BCUT2D eigenvalue weighted by Crippen LogP contribution is -2.27. The molecule has 0 aliphatic carbocycles. The van der Waals surface area contributed by atoms with Gasteiger partial charge < -0.3 is 0 Å². The van der Waals surface area contributed by atoms with Crippen molar-refractivity contribution in [3.63, 3.8) is 0 Å². The largest absolute Gasteiger partial charge is 0.285 e. The number of benzene rings is 3. The lowest BCUT2D eigenvalue weighted by atomic mass is 9.96. The molecule has 5 aromatic rings. The average Bonchev–Trinajstić information content (AvgIpc) is 2.84. The van der Waals surface area contributed by atoms with Gasteiger partial charge >= 0.3 is 0 Å². The van der Waals surface area contributed by atoms with Crippen LogP contribution in [0, 0.1) is 0 Å². The maximum absolute atomic E-state index is 4.65. The minimum atomic E-state index is 0.154. The van der Waals surface area contributed by atoms with Crippen molar-refractivity contribution >= 4 is 21.5 Å². The van der Waals surface area contributed by atoms with E-state index >= 15 is 0 Å². The van der Waals surface area contributed by atoms with Gasteiger partial charge in [-0.25, -0.2) is 0 Å². The zero-order chi connectivity index (χ0) is 21.0. The highest BCUT2D eigenvalue weighted by molar-refractivity contribution is 6.02. The molecule has 0 aliphatic rings. The molecule has 3 aromatic carbocycles. The highest BCUT2D eigenvalue weighted by Gasteiger charge is 2.20. The van der Waals surface area contributed by atoms with Crippen molar-refractivity contribution in [2.75, 3.05) is 0 Å². The van der Waals surface area contributed by atoms with Crippen molar-refractivity contribution in [1.82, 2.24) is 14.9 Å². The van der Waals surface area contributed by atoms with Gasteiger partial charge in [-0.3, -0.25) is 14.9 Å². The van der Waals surface area contributed by atoms with Crippen LogP contribution < -0.4 is 0 Å². The van der Waals surface area contributed by atoms with Gasteiger partial charge in [0.15, 0.2) is 0 Å². The topological polar surface area (TPSA) is 29.0 Å². The molecule has 3 nitrogen and oxygen atoms in total. The van der Waals surface area contributed by atoms with E-state index in [0.29, 0.717) is 0 Å². The van der Waals surface area contributed by atoms with Crippen LogP contribution in [0.15, 0.2) is 103 Å². The molecule has 0 saturated carbocycles. The molecule has 0 radical (unpaired) electrons. The summed E-state index contributed by atoms with van der Waals surface area (Å²) in [5.74, 6) is 0. The van der Waals surface area contributed by atoms with Gasteiger partial charge in [0.25, 0.3) is 0 Å². The minimum absolute atomic E-state index is 0.154. The molecule has 0 amide bonds. The summed E-state index contributed by atoms with van der Waals surface area (Å²) in [4.78, 5) is 11.7. The Kier molecular flexibility index (Phi) is 5.42. The zero-order valence-corrected chi connectivity index (χ0v) is 17.6. The summed E-state index contributed by atoms with van der Waals surface area (Å²) in [6.07, 6.45) is 3.74. The third-order valence-corrected chi connectivity index (χ3v) is 6.00. The smallest absolute Gasteiger partial charge is 0.0572 e. The molecule has 0 fully saturated rings. The van der Waals surface area contributed by atoms with Crippen molar-refractivity contribution in [2.24, 2.45) is 0 Å². The van der Waals surface area contributed by atoms with Gasteiger partial charge in [0, 0.05) is 31.5 Å². The second-order valence-electron chi connectivity index (χ2n) is 7.95. The summed E-state index contributed by atoms with van der Waals surface area (Å²) in [6, 6.07) is 32.1. The van der Waals surface area contributed by atoms with Crippen LogP contribution in [0.3, 0.4) is 0 Å². The van der Waals surface area contributed by atoms with Crippen LogP contribution in [0.4, 0.5) is 0 Å². The van der Waals surface area contributed by atoms with E-state index in [9.17, 15) is 0 Å². The first-order valence-corrected chi connectivity index (χ1v) is 10.7. The van der Waals surface area contributed by atoms with Crippen LogP contribution >= 0.6 is 0 Å². The Bertz CT molecular complexity index is 1250. The van der Waals surface area contributed by atoms with E-state index in [0.717, 1.165) is 24.5 Å². The predicted molar refractivity (Wildman–Crippen MR) is 128 cm³/mol. The van der Waals surface area contributed by atoms with E-state index in [-0.39, 0.29) is 6.04 Å². The number of hydrogen-bond donors (Lipinski definition) is 0. The van der Waals surface area contributed by atoms with Crippen molar-refractivity contribution in [3.05, 3.63) is 120 Å². The standard InChI is InChI=1S/C28H25N3/c1-21(28-15-7-9-17-30-28)31(19-24-12-6-8-16-29-24)20-27-25-13-4-2-10-22(25)18-23-11-3-5-14-26(23)27/h2-18,21H,19-20H2,1H3. The molecule has 5 rings (SSSR count). The van der Waals surface area contributed by atoms with Crippen LogP contribution in [0.2, 0.25) is 0 Å². The third kappa shape index (κ3) is 4.05. The maximum Gasteiger partial charge on any atom is 0.0572 e. The number of fused-ring (bicyclic) bond motifs is 2. The number of hydrogen-bond acceptors (Lipinski definition) is 3. The van der Waals surface area contributed by atoms with Gasteiger partial charge in [0.1, 0.15) is 0 Å². The molecule has 1 atom stereocenters. The molecule has 152 valence electrons. The molecule has 0 saturated heterocycles. The van der Waals surface area contributed by atoms with E-state index < -0.39 is 0 Å². The first-order chi connectivity index (χ1) is 15.3. The van der Waals surface area contributed by atoms with E-state index in [1.807, 2.05) is 24.5 Å². The lowest BCUT2D eigenvalue weighted by Gasteiger charge is -2.29. The monoisotopic (exact) mass is 403 g/mol. The van der Waals surface area contributed by atoms with Gasteiger partial charge in [-0.2, -0.15) is 0 Å². The number of nitrogens with zero attached hydrogens (tertiary/aromatic N) is 3. The second kappa shape index (κ2) is 8.66. The van der Waals surface area contributed by atoms with E-state index in [1.54, 1.807) is 0 Å². The van der Waals surface area contributed by atoms with E-state index in [4.69, 9.17) is 0 Å². The molecule has 2 aromatic heterocycles. The second-order valence-corrected chi connectivity index (χ2v) is 7.95. The van der Waals surface area contributed by atoms with E-state index in [1.165, 1.54) is 27.1 Å². The number of aromatic nitrogens is 2. The zero-order valence-electron chi connectivity index (χ0n) is 17.6. The highest BCUT2D eigenvalue weighted by atomic mass is 15.2. The molecule has 3 heteroatoms. The Morgan fingerprint density at radius 3 is 1.90 bits per heavy atom. The summed E-state index contributed by atoms with van der Waals surface area (Å²) in [5.41, 5.74) is 3.49. The molecule has 0 spiro atoms. The lowest BCUT2D eigenvalue weighted by molar-refractivity contribution is 0.187. The summed E-state index contributed by atoms with van der Waals surface area (Å²) >= 11 is 0. The third-order valence-electron chi connectivity index (χ3n) is 6.00. The molecular weight excluding hydrogens is 378 g/mol. The first-order valence-electron chi connectivity index (χ1n) is 10.7. The van der Waals surface area contributed by atoms with Crippen LogP contribution in [0.5, 0.6) is 0 Å². The van der Waals surface area contributed by atoms with Crippen LogP contribution in [0.1, 0.15) is 29.9 Å². The van der Waals surface area contributed by atoms with Gasteiger partial charge in [0.2, 0.25) is 0 Å². The summed E-state index contributed by atoms with van der Waals surface area (Å²) in [5, 5.41) is 5.17. The maximum atomic E-state index is 4.65. The normalized spacial score (nSPS) is 12.5. The fourth-order valence-corrected chi connectivity index (χ4v) is 4.32.